The second kappa shape index (κ2) is 8.18. The number of nitrogens with two attached hydrogens (primary N) is 1. The summed E-state index contributed by atoms with van der Waals surface area (Å²) in [5.41, 5.74) is 8.17. The Bertz CT molecular complexity index is 437. The summed E-state index contributed by atoms with van der Waals surface area (Å²) in [5.74, 6) is 0.132. The fraction of sp³-hybridized carbons (Fsp3) is 0.611. The number of rotatable bonds is 8. The molecular formula is C18H30N2O. The molecule has 21 heavy (non-hydrogen) atoms. The predicted octanol–water partition coefficient (Wildman–Crippen LogP) is 3.72. The minimum Gasteiger partial charge on any atom is -0.349 e. The van der Waals surface area contributed by atoms with E-state index in [0.29, 0.717) is 13.0 Å². The smallest absolute Gasteiger partial charge is 0.220 e. The van der Waals surface area contributed by atoms with Gasteiger partial charge in [-0.1, -0.05) is 50.6 Å². The van der Waals surface area contributed by atoms with Crippen LogP contribution in [0.15, 0.2) is 24.3 Å². The van der Waals surface area contributed by atoms with Crippen LogP contribution < -0.4 is 11.1 Å². The third kappa shape index (κ3) is 6.30. The van der Waals surface area contributed by atoms with Gasteiger partial charge in [0.25, 0.3) is 0 Å². The number of hydrogen-bond donors (Lipinski definition) is 2. The normalized spacial score (nSPS) is 13.0. The second-order valence-corrected chi connectivity index (χ2v) is 6.64. The summed E-state index contributed by atoms with van der Waals surface area (Å²) in [4.78, 5) is 12.2. The van der Waals surface area contributed by atoms with E-state index in [4.69, 9.17) is 5.73 Å². The van der Waals surface area contributed by atoms with Gasteiger partial charge in [-0.05, 0) is 43.7 Å². The molecule has 3 heteroatoms. The van der Waals surface area contributed by atoms with E-state index < -0.39 is 0 Å². The minimum absolute atomic E-state index is 0.107. The summed E-state index contributed by atoms with van der Waals surface area (Å²) in [7, 11) is 0. The van der Waals surface area contributed by atoms with Crippen molar-refractivity contribution in [3.63, 3.8) is 0 Å². The van der Waals surface area contributed by atoms with Gasteiger partial charge in [-0.25, -0.2) is 0 Å². The molecule has 3 nitrogen and oxygen atoms in total. The van der Waals surface area contributed by atoms with E-state index >= 15 is 0 Å². The summed E-state index contributed by atoms with van der Waals surface area (Å²) in [6.07, 6.45) is 3.30. The Morgan fingerprint density at radius 2 is 1.86 bits per heavy atom. The van der Waals surface area contributed by atoms with Gasteiger partial charge in [-0.15, -0.1) is 0 Å². The molecule has 3 N–H and O–H groups in total. The number of amides is 1. The first-order valence-electron chi connectivity index (χ1n) is 7.94. The van der Waals surface area contributed by atoms with E-state index in [9.17, 15) is 4.79 Å². The zero-order valence-corrected chi connectivity index (χ0v) is 13.9. The molecule has 0 aromatic heterocycles. The molecule has 1 aromatic carbocycles. The summed E-state index contributed by atoms with van der Waals surface area (Å²) in [5, 5.41) is 3.15. The molecule has 0 fully saturated rings. The first kappa shape index (κ1) is 17.7. The lowest BCUT2D eigenvalue weighted by Crippen LogP contribution is -2.29. The van der Waals surface area contributed by atoms with E-state index in [-0.39, 0.29) is 17.4 Å². The monoisotopic (exact) mass is 290 g/mol. The fourth-order valence-electron chi connectivity index (χ4n) is 2.45. The highest BCUT2D eigenvalue weighted by atomic mass is 16.1. The number of benzene rings is 1. The molecular weight excluding hydrogens is 260 g/mol. The zero-order chi connectivity index (χ0) is 15.9. The minimum atomic E-state index is 0.107. The van der Waals surface area contributed by atoms with E-state index in [1.807, 2.05) is 0 Å². The van der Waals surface area contributed by atoms with Crippen LogP contribution >= 0.6 is 0 Å². The Kier molecular flexibility index (Phi) is 6.90. The standard InChI is InChI=1S/C18H30N2O/c1-5-16(15-8-6-14(2)7-9-15)20-17(21)10-11-18(3,4)12-13-19/h6-9,16H,5,10-13,19H2,1-4H3,(H,20,21). The maximum absolute atomic E-state index is 12.2. The fourth-order valence-corrected chi connectivity index (χ4v) is 2.45. The molecule has 1 aromatic rings. The van der Waals surface area contributed by atoms with Crippen molar-refractivity contribution in [1.29, 1.82) is 0 Å². The van der Waals surface area contributed by atoms with Crippen LogP contribution in [-0.4, -0.2) is 12.5 Å². The Balaban J connectivity index is 2.53. The first-order valence-corrected chi connectivity index (χ1v) is 7.94. The maximum atomic E-state index is 12.2. The summed E-state index contributed by atoms with van der Waals surface area (Å²) >= 11 is 0. The number of nitrogens with one attached hydrogen (secondary N) is 1. The van der Waals surface area contributed by atoms with Crippen molar-refractivity contribution in [3.8, 4) is 0 Å². The van der Waals surface area contributed by atoms with Crippen molar-refractivity contribution >= 4 is 5.91 Å². The Morgan fingerprint density at radius 3 is 2.38 bits per heavy atom. The quantitative estimate of drug-likeness (QED) is 0.766. The number of carbonyl (C=O) groups is 1. The second-order valence-electron chi connectivity index (χ2n) is 6.64. The van der Waals surface area contributed by atoms with E-state index in [1.54, 1.807) is 0 Å². The third-order valence-corrected chi connectivity index (χ3v) is 4.07. The van der Waals surface area contributed by atoms with Gasteiger partial charge in [0.1, 0.15) is 0 Å². The van der Waals surface area contributed by atoms with Crippen LogP contribution in [0, 0.1) is 12.3 Å². The van der Waals surface area contributed by atoms with Crippen molar-refractivity contribution in [2.75, 3.05) is 6.54 Å². The highest BCUT2D eigenvalue weighted by Gasteiger charge is 2.19. The Morgan fingerprint density at radius 1 is 1.24 bits per heavy atom. The molecule has 0 radical (unpaired) electrons. The summed E-state index contributed by atoms with van der Waals surface area (Å²) in [6.45, 7) is 9.19. The number of hydrogen-bond acceptors (Lipinski definition) is 2. The summed E-state index contributed by atoms with van der Waals surface area (Å²) < 4.78 is 0. The van der Waals surface area contributed by atoms with Gasteiger partial charge in [-0.3, -0.25) is 4.79 Å². The molecule has 1 rings (SSSR count). The van der Waals surface area contributed by atoms with Crippen LogP contribution in [0.4, 0.5) is 0 Å². The topological polar surface area (TPSA) is 55.1 Å². The van der Waals surface area contributed by atoms with Gasteiger partial charge in [0.15, 0.2) is 0 Å². The van der Waals surface area contributed by atoms with Crippen molar-refractivity contribution < 1.29 is 4.79 Å². The van der Waals surface area contributed by atoms with E-state index in [1.165, 1.54) is 11.1 Å². The van der Waals surface area contributed by atoms with E-state index in [2.05, 4.69) is 57.3 Å². The lowest BCUT2D eigenvalue weighted by Gasteiger charge is -2.24. The molecule has 1 unspecified atom stereocenters. The third-order valence-electron chi connectivity index (χ3n) is 4.07. The van der Waals surface area contributed by atoms with Gasteiger partial charge in [0, 0.05) is 6.42 Å². The first-order chi connectivity index (χ1) is 9.88. The highest BCUT2D eigenvalue weighted by molar-refractivity contribution is 5.76. The van der Waals surface area contributed by atoms with Crippen molar-refractivity contribution in [3.05, 3.63) is 35.4 Å². The number of carbonyl (C=O) groups excluding carboxylic acids is 1. The van der Waals surface area contributed by atoms with Gasteiger partial charge in [-0.2, -0.15) is 0 Å². The van der Waals surface area contributed by atoms with Crippen molar-refractivity contribution in [2.45, 2.75) is 59.4 Å². The van der Waals surface area contributed by atoms with Crippen molar-refractivity contribution in [1.82, 2.24) is 5.32 Å². The molecule has 118 valence electrons. The average Bonchev–Trinajstić information content (AvgIpc) is 2.44. The van der Waals surface area contributed by atoms with Crippen LogP contribution in [0.3, 0.4) is 0 Å². The lowest BCUT2D eigenvalue weighted by atomic mass is 9.84. The molecule has 0 saturated heterocycles. The molecule has 0 aliphatic heterocycles. The van der Waals surface area contributed by atoms with Crippen LogP contribution in [0.1, 0.15) is 63.6 Å². The maximum Gasteiger partial charge on any atom is 0.220 e. The molecule has 0 aliphatic carbocycles. The van der Waals surface area contributed by atoms with Crippen LogP contribution in [0.2, 0.25) is 0 Å². The average molecular weight is 290 g/mol. The van der Waals surface area contributed by atoms with Gasteiger partial charge < -0.3 is 11.1 Å². The lowest BCUT2D eigenvalue weighted by molar-refractivity contribution is -0.122. The van der Waals surface area contributed by atoms with Crippen LogP contribution in [0.25, 0.3) is 0 Å². The SMILES string of the molecule is CCC(NC(=O)CCC(C)(C)CCN)c1ccc(C)cc1. The predicted molar refractivity (Wildman–Crippen MR) is 89.0 cm³/mol. The Hall–Kier alpha value is -1.35. The highest BCUT2D eigenvalue weighted by Crippen LogP contribution is 2.26. The van der Waals surface area contributed by atoms with Gasteiger partial charge in [0.05, 0.1) is 6.04 Å². The van der Waals surface area contributed by atoms with Gasteiger partial charge >= 0.3 is 0 Å². The molecule has 0 saturated carbocycles. The molecule has 1 amide bonds. The molecule has 0 aliphatic rings. The Labute approximate surface area is 129 Å². The largest absolute Gasteiger partial charge is 0.349 e. The van der Waals surface area contributed by atoms with Crippen LogP contribution in [0.5, 0.6) is 0 Å². The molecule has 1 atom stereocenters. The molecule has 0 spiro atoms. The van der Waals surface area contributed by atoms with E-state index in [0.717, 1.165) is 19.3 Å². The van der Waals surface area contributed by atoms with Crippen molar-refractivity contribution in [2.24, 2.45) is 11.1 Å². The summed E-state index contributed by atoms with van der Waals surface area (Å²) in [6, 6.07) is 8.49. The molecule has 0 heterocycles. The van der Waals surface area contributed by atoms with Crippen LogP contribution in [-0.2, 0) is 4.79 Å². The van der Waals surface area contributed by atoms with Gasteiger partial charge in [0.2, 0.25) is 5.91 Å². The number of aryl methyl sites for hydroxylation is 1. The zero-order valence-electron chi connectivity index (χ0n) is 13.9. The molecule has 0 bridgehead atoms.